The first-order valence-electron chi connectivity index (χ1n) is 4.10. The van der Waals surface area contributed by atoms with Gasteiger partial charge in [-0.15, -0.1) is 0 Å². The van der Waals surface area contributed by atoms with E-state index in [9.17, 15) is 4.79 Å². The molecule has 2 nitrogen and oxygen atoms in total. The normalized spacial score (nSPS) is 9.67. The number of fused-ring (bicyclic) bond motifs is 1. The van der Waals surface area contributed by atoms with E-state index >= 15 is 0 Å². The Morgan fingerprint density at radius 2 is 1.73 bits per heavy atom. The van der Waals surface area contributed by atoms with Gasteiger partial charge in [-0.05, 0) is 40.1 Å². The van der Waals surface area contributed by atoms with E-state index in [-0.39, 0.29) is 25.8 Å². The Labute approximate surface area is 120 Å². The maximum atomic E-state index is 11.0. The summed E-state index contributed by atoms with van der Waals surface area (Å²) in [7, 11) is 0. The molecule has 73 valence electrons. The zero-order chi connectivity index (χ0) is 10.1. The molecular weight excluding hydrogens is 406 g/mol. The van der Waals surface area contributed by atoms with Gasteiger partial charge >= 0.3 is 5.97 Å². The number of benzene rings is 2. The van der Waals surface area contributed by atoms with Crippen LogP contribution < -0.4 is 0 Å². The molecule has 0 amide bonds. The van der Waals surface area contributed by atoms with Crippen molar-refractivity contribution in [2.24, 2.45) is 0 Å². The summed E-state index contributed by atoms with van der Waals surface area (Å²) in [4.78, 5) is 11.0. The van der Waals surface area contributed by atoms with Gasteiger partial charge in [-0.25, -0.2) is 4.79 Å². The van der Waals surface area contributed by atoms with E-state index in [0.29, 0.717) is 5.56 Å². The molecule has 0 fully saturated rings. The van der Waals surface area contributed by atoms with Crippen molar-refractivity contribution in [3.05, 3.63) is 45.5 Å². The van der Waals surface area contributed by atoms with Gasteiger partial charge in [0.2, 0.25) is 0 Å². The quantitative estimate of drug-likeness (QED) is 0.731. The molecule has 3 radical (unpaired) electrons. The van der Waals surface area contributed by atoms with Crippen molar-refractivity contribution in [1.82, 2.24) is 0 Å². The summed E-state index contributed by atoms with van der Waals surface area (Å²) in [6.07, 6.45) is 0. The molecule has 0 aliphatic carbocycles. The summed E-state index contributed by atoms with van der Waals surface area (Å²) in [6, 6.07) is 11.1. The summed E-state index contributed by atoms with van der Waals surface area (Å²) >= 11 is 2.15. The third-order valence-corrected chi connectivity index (χ3v) is 2.98. The summed E-state index contributed by atoms with van der Waals surface area (Å²) in [5.74, 6) is -0.875. The van der Waals surface area contributed by atoms with E-state index in [1.807, 2.05) is 24.3 Å². The molecule has 0 aliphatic rings. The van der Waals surface area contributed by atoms with Crippen LogP contribution in [0.1, 0.15) is 10.4 Å². The number of carboxylic acids is 1. The van der Waals surface area contributed by atoms with Crippen LogP contribution in [0.2, 0.25) is 0 Å². The summed E-state index contributed by atoms with van der Waals surface area (Å²) < 4.78 is 0.970. The third-order valence-electron chi connectivity index (χ3n) is 2.08. The molecule has 0 unspecified atom stereocenters. The molecule has 0 saturated carbocycles. The molecule has 2 aromatic carbocycles. The van der Waals surface area contributed by atoms with E-state index in [4.69, 9.17) is 5.11 Å². The minimum absolute atomic E-state index is 0. The first kappa shape index (κ1) is 12.8. The molecular formula is C11H7IInO2. The summed E-state index contributed by atoms with van der Waals surface area (Å²) in [5, 5.41) is 10.8. The van der Waals surface area contributed by atoms with Crippen LogP contribution in [0.3, 0.4) is 0 Å². The topological polar surface area (TPSA) is 37.3 Å². The molecule has 1 N–H and O–H groups in total. The van der Waals surface area contributed by atoms with Gasteiger partial charge in [0.15, 0.2) is 0 Å². The van der Waals surface area contributed by atoms with Gasteiger partial charge in [0.1, 0.15) is 0 Å². The first-order valence-corrected chi connectivity index (χ1v) is 5.18. The maximum Gasteiger partial charge on any atom is 0.336 e. The Hall–Kier alpha value is -0.230. The molecule has 2 rings (SSSR count). The Bertz CT molecular complexity index is 506. The Morgan fingerprint density at radius 3 is 2.33 bits per heavy atom. The minimum atomic E-state index is -0.875. The average Bonchev–Trinajstić information content (AvgIpc) is 2.17. The zero-order valence-electron chi connectivity index (χ0n) is 7.77. The molecule has 15 heavy (non-hydrogen) atoms. The molecule has 2 aromatic rings. The van der Waals surface area contributed by atoms with Gasteiger partial charge in [-0.2, -0.15) is 0 Å². The maximum absolute atomic E-state index is 11.0. The van der Waals surface area contributed by atoms with Crippen molar-refractivity contribution in [1.29, 1.82) is 0 Å². The molecule has 0 heterocycles. The zero-order valence-corrected chi connectivity index (χ0v) is 13.2. The Balaban J connectivity index is 0.00000112. The molecule has 0 atom stereocenters. The predicted octanol–water partition coefficient (Wildman–Crippen LogP) is 2.76. The second-order valence-electron chi connectivity index (χ2n) is 2.95. The molecule has 0 spiro atoms. The van der Waals surface area contributed by atoms with Crippen molar-refractivity contribution in [3.8, 4) is 0 Å². The number of hydrogen-bond donors (Lipinski definition) is 1. The fourth-order valence-electron chi connectivity index (χ4n) is 1.47. The standard InChI is InChI=1S/C11H7IO2.In/c12-9-6-2-4-7-3-1-5-8(10(7)9)11(13)14;/h1-6H,(H,13,14);. The van der Waals surface area contributed by atoms with E-state index in [1.165, 1.54) is 0 Å². The van der Waals surface area contributed by atoms with E-state index < -0.39 is 5.97 Å². The fraction of sp³-hybridized carbons (Fsp3) is 0. The predicted molar refractivity (Wildman–Crippen MR) is 69.4 cm³/mol. The van der Waals surface area contributed by atoms with Crippen molar-refractivity contribution in [2.75, 3.05) is 0 Å². The number of hydrogen-bond acceptors (Lipinski definition) is 1. The second-order valence-corrected chi connectivity index (χ2v) is 4.11. The van der Waals surface area contributed by atoms with Gasteiger partial charge < -0.3 is 5.11 Å². The van der Waals surface area contributed by atoms with Crippen molar-refractivity contribution >= 4 is 65.2 Å². The largest absolute Gasteiger partial charge is 0.478 e. The SMILES string of the molecule is O=C(O)c1cccc2cccc(I)c12.[In]. The molecule has 4 heteroatoms. The molecule has 0 saturated heterocycles. The van der Waals surface area contributed by atoms with Crippen molar-refractivity contribution in [3.63, 3.8) is 0 Å². The molecule has 0 aromatic heterocycles. The Kier molecular flexibility index (Phi) is 4.46. The minimum Gasteiger partial charge on any atom is -0.478 e. The van der Waals surface area contributed by atoms with Gasteiger partial charge in [-0.3, -0.25) is 0 Å². The third kappa shape index (κ3) is 2.47. The summed E-state index contributed by atoms with van der Waals surface area (Å²) in [5.41, 5.74) is 0.368. The second kappa shape index (κ2) is 5.21. The number of halogens is 1. The first-order chi connectivity index (χ1) is 6.70. The fourth-order valence-corrected chi connectivity index (χ4v) is 2.28. The van der Waals surface area contributed by atoms with Crippen LogP contribution >= 0.6 is 22.6 Å². The Morgan fingerprint density at radius 1 is 1.13 bits per heavy atom. The number of carboxylic acid groups (broad SMARTS) is 1. The molecule has 0 aliphatic heterocycles. The van der Waals surface area contributed by atoms with Crippen LogP contribution in [0.4, 0.5) is 0 Å². The van der Waals surface area contributed by atoms with Gasteiger partial charge in [0.25, 0.3) is 0 Å². The van der Waals surface area contributed by atoms with Crippen LogP contribution in [0, 0.1) is 3.57 Å². The van der Waals surface area contributed by atoms with Crippen LogP contribution in [-0.4, -0.2) is 36.9 Å². The number of carbonyl (C=O) groups is 1. The number of aromatic carboxylic acids is 1. The monoisotopic (exact) mass is 413 g/mol. The van der Waals surface area contributed by atoms with E-state index in [1.54, 1.807) is 12.1 Å². The van der Waals surface area contributed by atoms with Gasteiger partial charge in [0, 0.05) is 34.8 Å². The van der Waals surface area contributed by atoms with Crippen LogP contribution in [0.15, 0.2) is 36.4 Å². The van der Waals surface area contributed by atoms with Crippen LogP contribution in [0.25, 0.3) is 10.8 Å². The van der Waals surface area contributed by atoms with E-state index in [0.717, 1.165) is 14.3 Å². The summed E-state index contributed by atoms with van der Waals surface area (Å²) in [6.45, 7) is 0. The average molecular weight is 413 g/mol. The van der Waals surface area contributed by atoms with Crippen LogP contribution in [0.5, 0.6) is 0 Å². The van der Waals surface area contributed by atoms with Gasteiger partial charge in [0.05, 0.1) is 5.56 Å². The molecule has 0 bridgehead atoms. The van der Waals surface area contributed by atoms with Crippen molar-refractivity contribution < 1.29 is 9.90 Å². The smallest absolute Gasteiger partial charge is 0.336 e. The van der Waals surface area contributed by atoms with Crippen molar-refractivity contribution in [2.45, 2.75) is 0 Å². The van der Waals surface area contributed by atoms with E-state index in [2.05, 4.69) is 22.6 Å². The van der Waals surface area contributed by atoms with Gasteiger partial charge in [-0.1, -0.05) is 24.3 Å². The van der Waals surface area contributed by atoms with Crippen LogP contribution in [-0.2, 0) is 0 Å². The number of rotatable bonds is 1.